The summed E-state index contributed by atoms with van der Waals surface area (Å²) in [5.41, 5.74) is 7.68. The fourth-order valence-electron chi connectivity index (χ4n) is 1.67. The van der Waals surface area contributed by atoms with Crippen molar-refractivity contribution in [2.75, 3.05) is 18.2 Å². The van der Waals surface area contributed by atoms with E-state index in [1.807, 2.05) is 0 Å². The summed E-state index contributed by atoms with van der Waals surface area (Å²) in [6.45, 7) is 0.379. The van der Waals surface area contributed by atoms with Crippen LogP contribution < -0.4 is 15.8 Å². The van der Waals surface area contributed by atoms with Gasteiger partial charge in [-0.25, -0.2) is 8.78 Å². The maximum Gasteiger partial charge on any atom is 0.159 e. The highest BCUT2D eigenvalue weighted by Crippen LogP contribution is 2.25. The van der Waals surface area contributed by atoms with E-state index in [4.69, 9.17) is 10.5 Å². The number of hydrogen-bond acceptors (Lipinski definition) is 3. The van der Waals surface area contributed by atoms with Crippen LogP contribution in [0.2, 0.25) is 0 Å². The summed E-state index contributed by atoms with van der Waals surface area (Å²) >= 11 is 0. The third-order valence-electron chi connectivity index (χ3n) is 2.71. The monoisotopic (exact) mass is 264 g/mol. The van der Waals surface area contributed by atoms with Gasteiger partial charge in [-0.1, -0.05) is 6.07 Å². The molecule has 19 heavy (non-hydrogen) atoms. The average molecular weight is 264 g/mol. The van der Waals surface area contributed by atoms with Gasteiger partial charge in [0.05, 0.1) is 12.8 Å². The van der Waals surface area contributed by atoms with Crippen molar-refractivity contribution in [2.24, 2.45) is 0 Å². The van der Waals surface area contributed by atoms with Crippen molar-refractivity contribution in [2.45, 2.75) is 6.54 Å². The summed E-state index contributed by atoms with van der Waals surface area (Å²) in [6.07, 6.45) is 0. The van der Waals surface area contributed by atoms with Crippen LogP contribution in [0, 0.1) is 11.6 Å². The first-order chi connectivity index (χ1) is 9.10. The SMILES string of the molecule is COc1cc(NCc2ccc(F)c(F)c2)ccc1N. The zero-order valence-electron chi connectivity index (χ0n) is 10.4. The molecule has 0 amide bonds. The van der Waals surface area contributed by atoms with Gasteiger partial charge in [0, 0.05) is 18.3 Å². The Bertz CT molecular complexity index is 588. The number of halogens is 2. The van der Waals surface area contributed by atoms with E-state index in [9.17, 15) is 8.78 Å². The summed E-state index contributed by atoms with van der Waals surface area (Å²) in [5, 5.41) is 3.08. The molecule has 0 atom stereocenters. The molecule has 0 spiro atoms. The van der Waals surface area contributed by atoms with E-state index in [-0.39, 0.29) is 0 Å². The molecule has 0 aliphatic carbocycles. The summed E-state index contributed by atoms with van der Waals surface area (Å²) in [6, 6.07) is 9.05. The number of ether oxygens (including phenoxy) is 1. The minimum absolute atomic E-state index is 0.379. The first-order valence-corrected chi connectivity index (χ1v) is 5.71. The second-order valence-electron chi connectivity index (χ2n) is 4.06. The molecule has 0 saturated carbocycles. The van der Waals surface area contributed by atoms with E-state index in [0.717, 1.165) is 17.8 Å². The predicted molar refractivity (Wildman–Crippen MR) is 71.1 cm³/mol. The van der Waals surface area contributed by atoms with Gasteiger partial charge < -0.3 is 15.8 Å². The Morgan fingerprint density at radius 1 is 1.11 bits per heavy atom. The van der Waals surface area contributed by atoms with Crippen LogP contribution in [0.5, 0.6) is 5.75 Å². The van der Waals surface area contributed by atoms with Crippen LogP contribution in [0.1, 0.15) is 5.56 Å². The zero-order valence-corrected chi connectivity index (χ0v) is 10.4. The number of anilines is 2. The van der Waals surface area contributed by atoms with Crippen molar-refractivity contribution in [3.05, 3.63) is 53.6 Å². The summed E-state index contributed by atoms with van der Waals surface area (Å²) in [4.78, 5) is 0. The molecule has 0 saturated heterocycles. The Kier molecular flexibility index (Phi) is 3.85. The Hall–Kier alpha value is -2.30. The van der Waals surface area contributed by atoms with Crippen molar-refractivity contribution in [1.82, 2.24) is 0 Å². The zero-order chi connectivity index (χ0) is 13.8. The lowest BCUT2D eigenvalue weighted by atomic mass is 10.2. The molecule has 0 unspecified atom stereocenters. The first-order valence-electron chi connectivity index (χ1n) is 5.71. The highest BCUT2D eigenvalue weighted by Gasteiger charge is 2.04. The van der Waals surface area contributed by atoms with Gasteiger partial charge in [-0.05, 0) is 29.8 Å². The molecule has 0 aliphatic heterocycles. The summed E-state index contributed by atoms with van der Waals surface area (Å²) in [5.74, 6) is -1.14. The summed E-state index contributed by atoms with van der Waals surface area (Å²) in [7, 11) is 1.53. The number of nitrogen functional groups attached to an aromatic ring is 1. The second kappa shape index (κ2) is 5.56. The number of methoxy groups -OCH3 is 1. The van der Waals surface area contributed by atoms with Gasteiger partial charge in [-0.2, -0.15) is 0 Å². The molecule has 0 bridgehead atoms. The fourth-order valence-corrected chi connectivity index (χ4v) is 1.67. The van der Waals surface area contributed by atoms with E-state index >= 15 is 0 Å². The number of rotatable bonds is 4. The van der Waals surface area contributed by atoms with Gasteiger partial charge in [0.2, 0.25) is 0 Å². The lowest BCUT2D eigenvalue weighted by molar-refractivity contribution is 0.417. The van der Waals surface area contributed by atoms with E-state index < -0.39 is 11.6 Å². The van der Waals surface area contributed by atoms with Crippen LogP contribution in [0.25, 0.3) is 0 Å². The standard InChI is InChI=1S/C14H14F2N2O/c1-19-14-7-10(3-5-13(14)17)18-8-9-2-4-11(15)12(16)6-9/h2-7,18H,8,17H2,1H3. The van der Waals surface area contributed by atoms with Crippen molar-refractivity contribution >= 4 is 11.4 Å². The van der Waals surface area contributed by atoms with Gasteiger partial charge in [0.15, 0.2) is 11.6 Å². The molecule has 2 rings (SSSR count). The van der Waals surface area contributed by atoms with Crippen molar-refractivity contribution in [3.63, 3.8) is 0 Å². The molecule has 2 aromatic carbocycles. The molecule has 0 fully saturated rings. The maximum absolute atomic E-state index is 13.0. The highest BCUT2D eigenvalue weighted by molar-refractivity contribution is 5.61. The quantitative estimate of drug-likeness (QED) is 0.834. The van der Waals surface area contributed by atoms with Crippen LogP contribution in [0.15, 0.2) is 36.4 Å². The molecule has 3 N–H and O–H groups in total. The van der Waals surface area contributed by atoms with Crippen molar-refractivity contribution < 1.29 is 13.5 Å². The van der Waals surface area contributed by atoms with E-state index in [1.165, 1.54) is 13.2 Å². The second-order valence-corrected chi connectivity index (χ2v) is 4.06. The Balaban J connectivity index is 2.07. The molecule has 3 nitrogen and oxygen atoms in total. The molecule has 2 aromatic rings. The number of nitrogens with one attached hydrogen (secondary N) is 1. The normalized spacial score (nSPS) is 10.3. The molecule has 5 heteroatoms. The summed E-state index contributed by atoms with van der Waals surface area (Å²) < 4.78 is 30.9. The van der Waals surface area contributed by atoms with Gasteiger partial charge >= 0.3 is 0 Å². The largest absolute Gasteiger partial charge is 0.495 e. The Morgan fingerprint density at radius 3 is 2.58 bits per heavy atom. The average Bonchev–Trinajstić information content (AvgIpc) is 2.41. The van der Waals surface area contributed by atoms with Gasteiger partial charge in [0.25, 0.3) is 0 Å². The Morgan fingerprint density at radius 2 is 1.89 bits per heavy atom. The van der Waals surface area contributed by atoms with E-state index in [0.29, 0.717) is 23.5 Å². The van der Waals surface area contributed by atoms with Gasteiger partial charge in [-0.3, -0.25) is 0 Å². The fraction of sp³-hybridized carbons (Fsp3) is 0.143. The molecule has 0 heterocycles. The first kappa shape index (κ1) is 13.1. The molecular weight excluding hydrogens is 250 g/mol. The lowest BCUT2D eigenvalue weighted by Gasteiger charge is -2.10. The molecule has 0 aliphatic rings. The van der Waals surface area contributed by atoms with Gasteiger partial charge in [-0.15, -0.1) is 0 Å². The van der Waals surface area contributed by atoms with E-state index in [2.05, 4.69) is 5.32 Å². The highest BCUT2D eigenvalue weighted by atomic mass is 19.2. The third-order valence-corrected chi connectivity index (χ3v) is 2.71. The smallest absolute Gasteiger partial charge is 0.159 e. The van der Waals surface area contributed by atoms with Crippen LogP contribution in [-0.2, 0) is 6.54 Å². The minimum Gasteiger partial charge on any atom is -0.495 e. The van der Waals surface area contributed by atoms with Crippen LogP contribution in [0.3, 0.4) is 0 Å². The third kappa shape index (κ3) is 3.13. The number of benzene rings is 2. The molecular formula is C14H14F2N2O. The molecule has 0 aromatic heterocycles. The van der Waals surface area contributed by atoms with Crippen molar-refractivity contribution in [1.29, 1.82) is 0 Å². The molecule has 0 radical (unpaired) electrons. The number of nitrogens with two attached hydrogens (primary N) is 1. The molecule has 100 valence electrons. The number of hydrogen-bond donors (Lipinski definition) is 2. The lowest BCUT2D eigenvalue weighted by Crippen LogP contribution is -2.01. The van der Waals surface area contributed by atoms with Crippen LogP contribution >= 0.6 is 0 Å². The van der Waals surface area contributed by atoms with Gasteiger partial charge in [0.1, 0.15) is 5.75 Å². The minimum atomic E-state index is -0.853. The van der Waals surface area contributed by atoms with Crippen LogP contribution in [0.4, 0.5) is 20.2 Å². The maximum atomic E-state index is 13.0. The van der Waals surface area contributed by atoms with Crippen LogP contribution in [-0.4, -0.2) is 7.11 Å². The van der Waals surface area contributed by atoms with E-state index in [1.54, 1.807) is 18.2 Å². The Labute approximate surface area is 110 Å². The predicted octanol–water partition coefficient (Wildman–Crippen LogP) is 3.17. The van der Waals surface area contributed by atoms with Crippen molar-refractivity contribution in [3.8, 4) is 5.75 Å². The topological polar surface area (TPSA) is 47.3 Å².